The number of hydrogen-bond donors (Lipinski definition) is 0. The largest absolute Gasteiger partial charge is 0.495 e. The fraction of sp³-hybridized carbons (Fsp3) is 0.250. The molecule has 1 aliphatic rings. The van der Waals surface area contributed by atoms with E-state index < -0.39 is 17.7 Å². The van der Waals surface area contributed by atoms with Gasteiger partial charge in [-0.15, -0.1) is 0 Å². The van der Waals surface area contributed by atoms with Gasteiger partial charge < -0.3 is 14.4 Å². The second kappa shape index (κ2) is 9.98. The molecule has 0 amide bonds. The van der Waals surface area contributed by atoms with Gasteiger partial charge >= 0.3 is 6.18 Å². The van der Waals surface area contributed by atoms with Crippen LogP contribution in [0.15, 0.2) is 79.2 Å². The van der Waals surface area contributed by atoms with Crippen molar-refractivity contribution in [2.24, 2.45) is 0 Å². The van der Waals surface area contributed by atoms with Gasteiger partial charge in [0.05, 0.1) is 6.61 Å². The van der Waals surface area contributed by atoms with Crippen molar-refractivity contribution in [3.05, 3.63) is 96.3 Å². The van der Waals surface area contributed by atoms with E-state index in [0.717, 1.165) is 15.9 Å². The van der Waals surface area contributed by atoms with Gasteiger partial charge in [0, 0.05) is 36.6 Å². The fourth-order valence-corrected chi connectivity index (χ4v) is 3.31. The first-order valence-corrected chi connectivity index (χ1v) is 10.3. The molecule has 0 spiro atoms. The zero-order valence-corrected chi connectivity index (χ0v) is 18.8. The average molecular weight is 476 g/mol. The van der Waals surface area contributed by atoms with Crippen LogP contribution in [0.3, 0.4) is 0 Å². The Kier molecular flexibility index (Phi) is 7.29. The summed E-state index contributed by atoms with van der Waals surface area (Å²) in [6, 6.07) is 6.16. The Bertz CT molecular complexity index is 1140. The first-order valence-electron chi connectivity index (χ1n) is 10.3. The highest BCUT2D eigenvalue weighted by Gasteiger charge is 2.41. The van der Waals surface area contributed by atoms with Gasteiger partial charge in [0.2, 0.25) is 5.88 Å². The van der Waals surface area contributed by atoms with Gasteiger partial charge in [-0.1, -0.05) is 25.8 Å². The molecular weight excluding hydrogens is 452 g/mol. The first-order chi connectivity index (χ1) is 16.0. The Morgan fingerprint density at radius 1 is 1.18 bits per heavy atom. The summed E-state index contributed by atoms with van der Waals surface area (Å²) < 4.78 is 65.7. The fourth-order valence-electron chi connectivity index (χ4n) is 3.31. The van der Waals surface area contributed by atoms with Crippen molar-refractivity contribution in [3.63, 3.8) is 0 Å². The van der Waals surface area contributed by atoms with Crippen molar-refractivity contribution < 1.29 is 27.0 Å². The molecule has 10 heteroatoms. The van der Waals surface area contributed by atoms with Crippen LogP contribution in [0.2, 0.25) is 0 Å². The van der Waals surface area contributed by atoms with E-state index in [4.69, 9.17) is 9.47 Å². The summed E-state index contributed by atoms with van der Waals surface area (Å²) in [6.45, 7) is 13.5. The number of nitrogens with zero attached hydrogens (tertiary/aromatic N) is 4. The minimum atomic E-state index is -4.62. The molecule has 0 bridgehead atoms. The van der Waals surface area contributed by atoms with E-state index in [1.165, 1.54) is 19.2 Å². The van der Waals surface area contributed by atoms with E-state index in [1.807, 2.05) is 6.92 Å². The number of hydrogen-bond acceptors (Lipinski definition) is 6. The summed E-state index contributed by atoms with van der Waals surface area (Å²) in [5.74, 6) is -0.311. The summed E-state index contributed by atoms with van der Waals surface area (Å²) in [7, 11) is 1.19. The van der Waals surface area contributed by atoms with Crippen molar-refractivity contribution in [3.8, 4) is 5.88 Å². The molecule has 6 nitrogen and oxygen atoms in total. The Morgan fingerprint density at radius 2 is 1.91 bits per heavy atom. The highest BCUT2D eigenvalue weighted by Crippen LogP contribution is 2.38. The first kappa shape index (κ1) is 24.8. The maximum atomic E-state index is 14.8. The van der Waals surface area contributed by atoms with Crippen LogP contribution in [0, 0.1) is 5.82 Å². The van der Waals surface area contributed by atoms with Gasteiger partial charge in [0.15, 0.2) is 11.6 Å². The highest BCUT2D eigenvalue weighted by molar-refractivity contribution is 5.59. The maximum Gasteiger partial charge on any atom is 0.431 e. The van der Waals surface area contributed by atoms with Crippen molar-refractivity contribution in [2.75, 3.05) is 25.2 Å². The molecule has 0 unspecified atom stereocenters. The number of rotatable bonds is 8. The van der Waals surface area contributed by atoms with E-state index in [9.17, 15) is 17.6 Å². The van der Waals surface area contributed by atoms with Gasteiger partial charge in [0.25, 0.3) is 0 Å². The van der Waals surface area contributed by atoms with Gasteiger partial charge in [-0.3, -0.25) is 4.90 Å². The van der Waals surface area contributed by atoms with E-state index in [0.29, 0.717) is 29.5 Å². The lowest BCUT2D eigenvalue weighted by molar-refractivity contribution is -0.107. The SMILES string of the molecule is C=C(COc1ncccc1Cc1ccc(F)c(N2C(=C)C=C(C(F)(F)F)N(C)C2=C)n1)OCC. The molecule has 0 saturated carbocycles. The van der Waals surface area contributed by atoms with Crippen LogP contribution >= 0.6 is 0 Å². The van der Waals surface area contributed by atoms with Gasteiger partial charge in [-0.25, -0.2) is 14.4 Å². The molecule has 2 aromatic rings. The minimum absolute atomic E-state index is 0.105. The van der Waals surface area contributed by atoms with E-state index in [1.54, 1.807) is 18.3 Å². The van der Waals surface area contributed by atoms with Crippen LogP contribution < -0.4 is 9.64 Å². The van der Waals surface area contributed by atoms with Crippen molar-refractivity contribution >= 4 is 5.82 Å². The van der Waals surface area contributed by atoms with Crippen LogP contribution in [-0.4, -0.2) is 41.3 Å². The zero-order chi connectivity index (χ0) is 25.0. The molecule has 0 fully saturated rings. The van der Waals surface area contributed by atoms with Crippen LogP contribution in [0.25, 0.3) is 0 Å². The number of anilines is 1. The summed E-state index contributed by atoms with van der Waals surface area (Å²) in [6.07, 6.45) is -2.01. The number of aromatic nitrogens is 2. The topological polar surface area (TPSA) is 50.7 Å². The second-order valence-corrected chi connectivity index (χ2v) is 7.34. The molecule has 34 heavy (non-hydrogen) atoms. The minimum Gasteiger partial charge on any atom is -0.495 e. The van der Waals surface area contributed by atoms with E-state index in [-0.39, 0.29) is 30.4 Å². The van der Waals surface area contributed by atoms with E-state index >= 15 is 0 Å². The predicted octanol–water partition coefficient (Wildman–Crippen LogP) is 5.32. The number of alkyl halides is 3. The standard InChI is InChI=1S/C24H24F4N4O2/c1-6-33-16(3)14-34-23-18(8-7-11-29-23)13-19-9-10-20(25)22(30-19)32-15(2)12-21(24(26,27)28)31(5)17(32)4/h7-12H,2-4,6,13-14H2,1,5H3. The van der Waals surface area contributed by atoms with Crippen LogP contribution in [-0.2, 0) is 11.2 Å². The monoisotopic (exact) mass is 476 g/mol. The zero-order valence-electron chi connectivity index (χ0n) is 18.8. The number of pyridine rings is 2. The normalized spacial score (nSPS) is 14.2. The van der Waals surface area contributed by atoms with Gasteiger partial charge in [-0.05, 0) is 31.2 Å². The number of ether oxygens (including phenoxy) is 2. The van der Waals surface area contributed by atoms with Crippen LogP contribution in [0.1, 0.15) is 18.2 Å². The number of allylic oxidation sites excluding steroid dienone is 2. The predicted molar refractivity (Wildman–Crippen MR) is 120 cm³/mol. The average Bonchev–Trinajstić information content (AvgIpc) is 2.77. The molecule has 3 rings (SSSR count). The van der Waals surface area contributed by atoms with Crippen molar-refractivity contribution in [2.45, 2.75) is 19.5 Å². The molecule has 0 aliphatic carbocycles. The Balaban J connectivity index is 1.89. The molecule has 1 aliphatic heterocycles. The summed E-state index contributed by atoms with van der Waals surface area (Å²) in [4.78, 5) is 10.5. The molecule has 180 valence electrons. The molecule has 3 heterocycles. The Labute approximate surface area is 195 Å². The highest BCUT2D eigenvalue weighted by atomic mass is 19.4. The molecule has 0 aromatic carbocycles. The lowest BCUT2D eigenvalue weighted by Crippen LogP contribution is -2.40. The quantitative estimate of drug-likeness (QED) is 0.380. The lowest BCUT2D eigenvalue weighted by Gasteiger charge is -2.38. The number of halogens is 4. The van der Waals surface area contributed by atoms with E-state index in [2.05, 4.69) is 29.7 Å². The van der Waals surface area contributed by atoms with Crippen molar-refractivity contribution in [1.29, 1.82) is 0 Å². The molecule has 2 aromatic heterocycles. The molecule has 0 N–H and O–H groups in total. The molecule has 0 atom stereocenters. The Morgan fingerprint density at radius 3 is 2.59 bits per heavy atom. The summed E-state index contributed by atoms with van der Waals surface area (Å²) in [5, 5.41) is 0. The summed E-state index contributed by atoms with van der Waals surface area (Å²) in [5.41, 5.74) is 0.0381. The molecule has 0 radical (unpaired) electrons. The second-order valence-electron chi connectivity index (χ2n) is 7.34. The van der Waals surface area contributed by atoms with Gasteiger partial charge in [0.1, 0.15) is 23.9 Å². The third-order valence-corrected chi connectivity index (χ3v) is 4.92. The third kappa shape index (κ3) is 5.38. The van der Waals surface area contributed by atoms with Crippen LogP contribution in [0.4, 0.5) is 23.4 Å². The van der Waals surface area contributed by atoms with Gasteiger partial charge in [-0.2, -0.15) is 13.2 Å². The Hall–Kier alpha value is -3.82. The third-order valence-electron chi connectivity index (χ3n) is 4.92. The maximum absolute atomic E-state index is 14.8. The molecule has 0 saturated heterocycles. The lowest BCUT2D eigenvalue weighted by atomic mass is 10.1. The molecular formula is C24H24F4N4O2. The van der Waals surface area contributed by atoms with Crippen LogP contribution in [0.5, 0.6) is 5.88 Å². The summed E-state index contributed by atoms with van der Waals surface area (Å²) >= 11 is 0. The smallest absolute Gasteiger partial charge is 0.431 e. The van der Waals surface area contributed by atoms with Crippen molar-refractivity contribution in [1.82, 2.24) is 14.9 Å².